The normalized spacial score (nSPS) is 15.6. The summed E-state index contributed by atoms with van der Waals surface area (Å²) in [5.41, 5.74) is 1.15. The number of ether oxygens (including phenoxy) is 1. The highest BCUT2D eigenvalue weighted by Crippen LogP contribution is 2.34. The van der Waals surface area contributed by atoms with E-state index < -0.39 is 0 Å². The van der Waals surface area contributed by atoms with E-state index in [9.17, 15) is 9.59 Å². The molecule has 2 amide bonds. The van der Waals surface area contributed by atoms with Crippen LogP contribution in [0.3, 0.4) is 0 Å². The first-order valence-electron chi connectivity index (χ1n) is 10.4. The molecule has 1 atom stereocenters. The summed E-state index contributed by atoms with van der Waals surface area (Å²) in [5.74, 6) is 0.971. The highest BCUT2D eigenvalue weighted by molar-refractivity contribution is 7.10. The molecule has 3 rings (SSSR count). The number of carbonyl (C=O) groups is 2. The van der Waals surface area contributed by atoms with E-state index in [1.165, 1.54) is 4.88 Å². The fourth-order valence-electron chi connectivity index (χ4n) is 3.71. The van der Waals surface area contributed by atoms with Crippen LogP contribution < -0.4 is 4.74 Å². The van der Waals surface area contributed by atoms with E-state index in [2.05, 4.69) is 18.0 Å². The van der Waals surface area contributed by atoms with Crippen molar-refractivity contribution in [1.29, 1.82) is 0 Å². The second kappa shape index (κ2) is 10.4. The molecule has 0 bridgehead atoms. The van der Waals surface area contributed by atoms with Gasteiger partial charge in [0.2, 0.25) is 11.8 Å². The largest absolute Gasteiger partial charge is 0.491 e. The summed E-state index contributed by atoms with van der Waals surface area (Å²) in [6.07, 6.45) is 2.94. The Hall–Kier alpha value is -2.60. The fraction of sp³-hybridized carbons (Fsp3) is 0.417. The molecule has 5 nitrogen and oxygen atoms in total. The van der Waals surface area contributed by atoms with Gasteiger partial charge in [-0.2, -0.15) is 0 Å². The van der Waals surface area contributed by atoms with E-state index in [0.717, 1.165) is 17.7 Å². The fourth-order valence-corrected chi connectivity index (χ4v) is 4.64. The van der Waals surface area contributed by atoms with Crippen LogP contribution in [0.4, 0.5) is 0 Å². The molecule has 0 saturated carbocycles. The Bertz CT molecular complexity index is 862. The summed E-state index contributed by atoms with van der Waals surface area (Å²) in [7, 11) is 0. The van der Waals surface area contributed by atoms with Crippen LogP contribution in [0.15, 0.2) is 54.4 Å². The molecular weight excluding hydrogens is 396 g/mol. The summed E-state index contributed by atoms with van der Waals surface area (Å²) in [6.45, 7) is 9.22. The van der Waals surface area contributed by atoms with E-state index in [1.54, 1.807) is 22.3 Å². The smallest absolute Gasteiger partial charge is 0.242 e. The van der Waals surface area contributed by atoms with Crippen LogP contribution >= 0.6 is 11.3 Å². The van der Waals surface area contributed by atoms with Gasteiger partial charge in [0.05, 0.1) is 6.04 Å². The van der Waals surface area contributed by atoms with Gasteiger partial charge >= 0.3 is 0 Å². The van der Waals surface area contributed by atoms with Gasteiger partial charge in [0, 0.05) is 24.4 Å². The molecule has 0 N–H and O–H groups in total. The van der Waals surface area contributed by atoms with Crippen LogP contribution in [0, 0.1) is 5.92 Å². The predicted molar refractivity (Wildman–Crippen MR) is 121 cm³/mol. The summed E-state index contributed by atoms with van der Waals surface area (Å²) in [4.78, 5) is 30.6. The summed E-state index contributed by atoms with van der Waals surface area (Å²) in [6, 6.07) is 11.6. The summed E-state index contributed by atoms with van der Waals surface area (Å²) in [5, 5.41) is 2.07. The number of para-hydroxylation sites is 1. The van der Waals surface area contributed by atoms with Crippen LogP contribution in [0.25, 0.3) is 0 Å². The van der Waals surface area contributed by atoms with Crippen molar-refractivity contribution in [1.82, 2.24) is 9.80 Å². The quantitative estimate of drug-likeness (QED) is 0.561. The third-order valence-corrected chi connectivity index (χ3v) is 6.17. The lowest BCUT2D eigenvalue weighted by molar-refractivity contribution is -0.142. The minimum absolute atomic E-state index is 0.0106. The lowest BCUT2D eigenvalue weighted by Crippen LogP contribution is -2.48. The molecule has 0 spiro atoms. The van der Waals surface area contributed by atoms with Crippen LogP contribution in [-0.4, -0.2) is 47.9 Å². The van der Waals surface area contributed by atoms with Crippen molar-refractivity contribution < 1.29 is 14.3 Å². The van der Waals surface area contributed by atoms with Crippen molar-refractivity contribution in [2.24, 2.45) is 5.92 Å². The molecule has 30 heavy (non-hydrogen) atoms. The van der Waals surface area contributed by atoms with E-state index >= 15 is 0 Å². The zero-order valence-electron chi connectivity index (χ0n) is 17.8. The van der Waals surface area contributed by atoms with Crippen molar-refractivity contribution in [3.63, 3.8) is 0 Å². The first-order valence-corrected chi connectivity index (χ1v) is 11.3. The number of benzene rings is 1. The van der Waals surface area contributed by atoms with E-state index in [0.29, 0.717) is 26.1 Å². The third kappa shape index (κ3) is 5.51. The zero-order chi connectivity index (χ0) is 21.5. The van der Waals surface area contributed by atoms with E-state index in [-0.39, 0.29) is 30.3 Å². The van der Waals surface area contributed by atoms with Gasteiger partial charge < -0.3 is 14.5 Å². The minimum atomic E-state index is -0.154. The number of hydrogen-bond acceptors (Lipinski definition) is 4. The number of nitrogens with zero attached hydrogens (tertiary/aromatic N) is 2. The van der Waals surface area contributed by atoms with Gasteiger partial charge in [-0.3, -0.25) is 9.59 Å². The predicted octanol–water partition coefficient (Wildman–Crippen LogP) is 4.31. The Labute approximate surface area is 182 Å². The first-order chi connectivity index (χ1) is 14.5. The van der Waals surface area contributed by atoms with Gasteiger partial charge in [0.1, 0.15) is 18.9 Å². The second-order valence-electron chi connectivity index (χ2n) is 7.94. The minimum Gasteiger partial charge on any atom is -0.491 e. The number of carbonyl (C=O) groups excluding carboxylic acids is 2. The lowest BCUT2D eigenvalue weighted by atomic mass is 10.0. The molecule has 0 radical (unpaired) electrons. The van der Waals surface area contributed by atoms with Gasteiger partial charge in [-0.15, -0.1) is 17.9 Å². The van der Waals surface area contributed by atoms with Crippen LogP contribution in [-0.2, 0) is 16.0 Å². The molecule has 0 aliphatic carbocycles. The van der Waals surface area contributed by atoms with Gasteiger partial charge in [0.15, 0.2) is 0 Å². The highest BCUT2D eigenvalue weighted by Gasteiger charge is 2.33. The molecule has 160 valence electrons. The molecule has 6 heteroatoms. The van der Waals surface area contributed by atoms with Gasteiger partial charge in [-0.1, -0.05) is 38.1 Å². The molecule has 2 aromatic rings. The SMILES string of the molecule is C=CCN(CC(=O)N1CCc2sccc2[C@H]1COc1ccccc1)C(=O)CC(C)C. The van der Waals surface area contributed by atoms with Crippen molar-refractivity contribution >= 4 is 23.2 Å². The van der Waals surface area contributed by atoms with Crippen molar-refractivity contribution in [2.45, 2.75) is 32.7 Å². The molecule has 1 aromatic heterocycles. The van der Waals surface area contributed by atoms with Crippen molar-refractivity contribution in [3.05, 3.63) is 64.9 Å². The topological polar surface area (TPSA) is 49.9 Å². The molecule has 0 saturated heterocycles. The Morgan fingerprint density at radius 2 is 2.07 bits per heavy atom. The number of hydrogen-bond donors (Lipinski definition) is 0. The number of fused-ring (bicyclic) bond motifs is 1. The molecule has 1 aromatic carbocycles. The van der Waals surface area contributed by atoms with Gasteiger partial charge in [-0.25, -0.2) is 0 Å². The molecule has 0 fully saturated rings. The highest BCUT2D eigenvalue weighted by atomic mass is 32.1. The number of amides is 2. The standard InChI is InChI=1S/C24H30N2O3S/c1-4-12-25(23(27)15-18(2)3)16-24(28)26-13-10-22-20(11-14-30-22)21(26)17-29-19-8-6-5-7-9-19/h4-9,11,14,18,21H,1,10,12-13,15-17H2,2-3H3/t21-/m1/s1. The van der Waals surface area contributed by atoms with Crippen LogP contribution in [0.1, 0.15) is 36.8 Å². The maximum atomic E-state index is 13.3. The average molecular weight is 427 g/mol. The molecule has 2 heterocycles. The zero-order valence-corrected chi connectivity index (χ0v) is 18.6. The van der Waals surface area contributed by atoms with Gasteiger partial charge in [-0.05, 0) is 41.5 Å². The molecular formula is C24H30N2O3S. The Morgan fingerprint density at radius 1 is 1.30 bits per heavy atom. The maximum Gasteiger partial charge on any atom is 0.242 e. The summed E-state index contributed by atoms with van der Waals surface area (Å²) < 4.78 is 6.02. The number of thiophene rings is 1. The maximum absolute atomic E-state index is 13.3. The molecule has 1 aliphatic rings. The number of rotatable bonds is 9. The monoisotopic (exact) mass is 426 g/mol. The average Bonchev–Trinajstić information content (AvgIpc) is 3.21. The Balaban J connectivity index is 1.74. The molecule has 0 unspecified atom stereocenters. The lowest BCUT2D eigenvalue weighted by Gasteiger charge is -2.37. The first kappa shape index (κ1) is 22.1. The Kier molecular flexibility index (Phi) is 7.69. The van der Waals surface area contributed by atoms with E-state index in [4.69, 9.17) is 4.74 Å². The summed E-state index contributed by atoms with van der Waals surface area (Å²) >= 11 is 1.73. The van der Waals surface area contributed by atoms with Crippen molar-refractivity contribution in [3.8, 4) is 5.75 Å². The third-order valence-electron chi connectivity index (χ3n) is 5.18. The van der Waals surface area contributed by atoms with Gasteiger partial charge in [0.25, 0.3) is 0 Å². The van der Waals surface area contributed by atoms with E-state index in [1.807, 2.05) is 49.1 Å². The van der Waals surface area contributed by atoms with Crippen LogP contribution in [0.2, 0.25) is 0 Å². The van der Waals surface area contributed by atoms with Crippen molar-refractivity contribution in [2.75, 3.05) is 26.2 Å². The molecule has 1 aliphatic heterocycles. The van der Waals surface area contributed by atoms with Crippen LogP contribution in [0.5, 0.6) is 5.75 Å². The Morgan fingerprint density at radius 3 is 2.77 bits per heavy atom. The second-order valence-corrected chi connectivity index (χ2v) is 8.94.